The van der Waals surface area contributed by atoms with Crippen molar-refractivity contribution in [3.63, 3.8) is 0 Å². The summed E-state index contributed by atoms with van der Waals surface area (Å²) in [6, 6.07) is 29.1. The van der Waals surface area contributed by atoms with Crippen molar-refractivity contribution in [2.75, 3.05) is 7.11 Å². The van der Waals surface area contributed by atoms with Crippen molar-refractivity contribution in [2.24, 2.45) is 0 Å². The highest BCUT2D eigenvalue weighted by molar-refractivity contribution is 9.10. The van der Waals surface area contributed by atoms with Gasteiger partial charge in [0.25, 0.3) is 5.69 Å². The molecule has 0 aliphatic rings. The van der Waals surface area contributed by atoms with Crippen LogP contribution in [0.15, 0.2) is 95.5 Å². The van der Waals surface area contributed by atoms with E-state index in [-0.39, 0.29) is 12.3 Å². The van der Waals surface area contributed by atoms with Gasteiger partial charge in [0.15, 0.2) is 11.5 Å². The number of nitro benzene ring substituents is 1. The van der Waals surface area contributed by atoms with Crippen LogP contribution in [0.4, 0.5) is 5.69 Å². The van der Waals surface area contributed by atoms with Gasteiger partial charge >= 0.3 is 0 Å². The standard InChI is InChI=1S/C30H23BrN2O5/c1-36-30-15-22(7-13-29(30)38-19-21-5-3-2-4-6-21)20-37-28-14-10-26(31)17-24(28)16-25(18-32)23-8-11-27(12-9-23)33(34)35/h2-17H,19-20H2,1H3/b25-16+. The van der Waals surface area contributed by atoms with E-state index in [2.05, 4.69) is 22.0 Å². The second-order valence-electron chi connectivity index (χ2n) is 8.20. The molecule has 0 aromatic heterocycles. The van der Waals surface area contributed by atoms with Crippen LogP contribution in [0.1, 0.15) is 22.3 Å². The van der Waals surface area contributed by atoms with Gasteiger partial charge in [-0.05, 0) is 65.2 Å². The van der Waals surface area contributed by atoms with Gasteiger partial charge in [-0.2, -0.15) is 5.26 Å². The first-order chi connectivity index (χ1) is 18.5. The average molecular weight is 571 g/mol. The summed E-state index contributed by atoms with van der Waals surface area (Å²) in [6.07, 6.45) is 1.70. The maximum atomic E-state index is 11.0. The number of allylic oxidation sites excluding steroid dienone is 1. The fourth-order valence-corrected chi connectivity index (χ4v) is 4.06. The number of hydrogen-bond donors (Lipinski definition) is 0. The Morgan fingerprint density at radius 2 is 1.58 bits per heavy atom. The zero-order chi connectivity index (χ0) is 26.9. The molecule has 190 valence electrons. The number of methoxy groups -OCH3 is 1. The van der Waals surface area contributed by atoms with E-state index in [0.29, 0.717) is 40.6 Å². The van der Waals surface area contributed by atoms with Crippen molar-refractivity contribution in [1.82, 2.24) is 0 Å². The van der Waals surface area contributed by atoms with E-state index in [1.165, 1.54) is 12.1 Å². The summed E-state index contributed by atoms with van der Waals surface area (Å²) in [6.45, 7) is 0.689. The van der Waals surface area contributed by atoms with E-state index in [1.807, 2.05) is 66.7 Å². The molecule has 0 saturated carbocycles. The van der Waals surface area contributed by atoms with Gasteiger partial charge in [0.2, 0.25) is 0 Å². The maximum Gasteiger partial charge on any atom is 0.269 e. The molecule has 0 amide bonds. The Kier molecular flexibility index (Phi) is 8.75. The van der Waals surface area contributed by atoms with Crippen molar-refractivity contribution in [2.45, 2.75) is 13.2 Å². The Morgan fingerprint density at radius 1 is 0.895 bits per heavy atom. The summed E-state index contributed by atoms with van der Waals surface area (Å²) in [7, 11) is 1.59. The topological polar surface area (TPSA) is 94.6 Å². The normalized spacial score (nSPS) is 10.9. The van der Waals surface area contributed by atoms with Gasteiger partial charge in [0.1, 0.15) is 19.0 Å². The minimum absolute atomic E-state index is 0.0376. The van der Waals surface area contributed by atoms with Gasteiger partial charge in [0, 0.05) is 22.2 Å². The van der Waals surface area contributed by atoms with E-state index in [0.717, 1.165) is 15.6 Å². The third-order valence-electron chi connectivity index (χ3n) is 5.64. The van der Waals surface area contributed by atoms with E-state index < -0.39 is 4.92 Å². The number of ether oxygens (including phenoxy) is 3. The largest absolute Gasteiger partial charge is 0.493 e. The number of nitrogens with zero attached hydrogens (tertiary/aromatic N) is 2. The average Bonchev–Trinajstić information content (AvgIpc) is 2.95. The van der Waals surface area contributed by atoms with Crippen LogP contribution in [-0.2, 0) is 13.2 Å². The molecule has 0 unspecified atom stereocenters. The first-order valence-electron chi connectivity index (χ1n) is 11.6. The molecule has 0 atom stereocenters. The fraction of sp³-hybridized carbons (Fsp3) is 0.100. The lowest BCUT2D eigenvalue weighted by atomic mass is 10.0. The van der Waals surface area contributed by atoms with Gasteiger partial charge in [-0.3, -0.25) is 10.1 Å². The number of halogens is 1. The van der Waals surface area contributed by atoms with Crippen LogP contribution < -0.4 is 14.2 Å². The molecule has 0 aliphatic heterocycles. The van der Waals surface area contributed by atoms with Crippen molar-refractivity contribution < 1.29 is 19.1 Å². The molecule has 0 aliphatic carbocycles. The Hall–Kier alpha value is -4.61. The summed E-state index contributed by atoms with van der Waals surface area (Å²) in [5.41, 5.74) is 3.50. The molecule has 0 spiro atoms. The summed E-state index contributed by atoms with van der Waals surface area (Å²) < 4.78 is 18.4. The van der Waals surface area contributed by atoms with Crippen LogP contribution >= 0.6 is 15.9 Å². The number of benzene rings is 4. The summed E-state index contributed by atoms with van der Waals surface area (Å²) in [5.74, 6) is 1.81. The van der Waals surface area contributed by atoms with Crippen LogP contribution in [0.3, 0.4) is 0 Å². The highest BCUT2D eigenvalue weighted by atomic mass is 79.9. The smallest absolute Gasteiger partial charge is 0.269 e. The molecule has 0 heterocycles. The van der Waals surface area contributed by atoms with Crippen LogP contribution in [0.2, 0.25) is 0 Å². The fourth-order valence-electron chi connectivity index (χ4n) is 3.68. The summed E-state index contributed by atoms with van der Waals surface area (Å²) in [5, 5.41) is 20.7. The van der Waals surface area contributed by atoms with Gasteiger partial charge in [0.05, 0.1) is 23.7 Å². The van der Waals surface area contributed by atoms with Gasteiger partial charge < -0.3 is 14.2 Å². The Balaban J connectivity index is 1.51. The van der Waals surface area contributed by atoms with E-state index in [1.54, 1.807) is 25.3 Å². The van der Waals surface area contributed by atoms with Crippen LogP contribution in [0.25, 0.3) is 11.6 Å². The van der Waals surface area contributed by atoms with E-state index in [9.17, 15) is 15.4 Å². The lowest BCUT2D eigenvalue weighted by Crippen LogP contribution is -2.01. The number of hydrogen-bond acceptors (Lipinski definition) is 6. The Bertz CT molecular complexity index is 1500. The molecule has 4 aromatic carbocycles. The Morgan fingerprint density at radius 3 is 2.26 bits per heavy atom. The second kappa shape index (κ2) is 12.6. The second-order valence-corrected chi connectivity index (χ2v) is 9.12. The molecular weight excluding hydrogens is 548 g/mol. The highest BCUT2D eigenvalue weighted by Crippen LogP contribution is 2.32. The zero-order valence-electron chi connectivity index (χ0n) is 20.5. The molecule has 7 nitrogen and oxygen atoms in total. The van der Waals surface area contributed by atoms with Gasteiger partial charge in [-0.25, -0.2) is 0 Å². The monoisotopic (exact) mass is 570 g/mol. The van der Waals surface area contributed by atoms with E-state index in [4.69, 9.17) is 14.2 Å². The maximum absolute atomic E-state index is 11.0. The molecular formula is C30H23BrN2O5. The van der Waals surface area contributed by atoms with Crippen LogP contribution in [-0.4, -0.2) is 12.0 Å². The first-order valence-corrected chi connectivity index (χ1v) is 12.4. The summed E-state index contributed by atoms with van der Waals surface area (Å²) >= 11 is 3.47. The predicted octanol–water partition coefficient (Wildman–Crippen LogP) is 7.59. The quantitative estimate of drug-likeness (QED) is 0.0843. The molecule has 0 fully saturated rings. The van der Waals surface area contributed by atoms with Crippen molar-refractivity contribution >= 4 is 33.3 Å². The molecule has 0 saturated heterocycles. The van der Waals surface area contributed by atoms with Gasteiger partial charge in [-0.1, -0.05) is 52.3 Å². The third-order valence-corrected chi connectivity index (χ3v) is 6.13. The third kappa shape index (κ3) is 6.78. The number of non-ortho nitro benzene ring substituents is 1. The molecule has 4 aromatic rings. The first kappa shape index (κ1) is 26.5. The molecule has 0 N–H and O–H groups in total. The minimum atomic E-state index is -0.475. The predicted molar refractivity (Wildman–Crippen MR) is 149 cm³/mol. The molecule has 8 heteroatoms. The van der Waals surface area contributed by atoms with Crippen molar-refractivity contribution in [1.29, 1.82) is 5.26 Å². The molecule has 0 radical (unpaired) electrons. The van der Waals surface area contributed by atoms with Gasteiger partial charge in [-0.15, -0.1) is 0 Å². The van der Waals surface area contributed by atoms with Crippen molar-refractivity contribution in [3.05, 3.63) is 128 Å². The van der Waals surface area contributed by atoms with Crippen molar-refractivity contribution in [3.8, 4) is 23.3 Å². The minimum Gasteiger partial charge on any atom is -0.493 e. The highest BCUT2D eigenvalue weighted by Gasteiger charge is 2.11. The lowest BCUT2D eigenvalue weighted by Gasteiger charge is -2.14. The van der Waals surface area contributed by atoms with E-state index >= 15 is 0 Å². The Labute approximate surface area is 228 Å². The lowest BCUT2D eigenvalue weighted by molar-refractivity contribution is -0.384. The number of rotatable bonds is 10. The SMILES string of the molecule is COc1cc(COc2ccc(Br)cc2/C=C(\C#N)c2ccc([N+](=O)[O-])cc2)ccc1OCc1ccccc1. The van der Waals surface area contributed by atoms with Crippen LogP contribution in [0.5, 0.6) is 17.2 Å². The number of nitriles is 1. The van der Waals surface area contributed by atoms with Crippen LogP contribution in [0, 0.1) is 21.4 Å². The number of nitro groups is 1. The zero-order valence-corrected chi connectivity index (χ0v) is 22.1. The molecule has 0 bridgehead atoms. The molecule has 38 heavy (non-hydrogen) atoms. The summed E-state index contributed by atoms with van der Waals surface area (Å²) in [4.78, 5) is 10.5. The molecule has 4 rings (SSSR count).